The lowest BCUT2D eigenvalue weighted by atomic mass is 9.91. The molecule has 14 heteroatoms. The fourth-order valence-corrected chi connectivity index (χ4v) is 5.53. The molecule has 11 nitrogen and oxygen atoms in total. The number of methoxy groups -OCH3 is 1. The molecule has 1 aliphatic rings. The zero-order valence-electron chi connectivity index (χ0n) is 16.5. The first-order chi connectivity index (χ1) is 14.8. The molecule has 1 aliphatic heterocycles. The van der Waals surface area contributed by atoms with Crippen LogP contribution in [0.5, 0.6) is 5.19 Å². The van der Waals surface area contributed by atoms with E-state index in [0.29, 0.717) is 22.3 Å². The van der Waals surface area contributed by atoms with Gasteiger partial charge in [0.2, 0.25) is 0 Å². The number of hydroxylamine groups is 1. The van der Waals surface area contributed by atoms with E-state index in [1.807, 2.05) is 0 Å². The second-order valence-electron chi connectivity index (χ2n) is 6.47. The number of fused-ring (bicyclic) bond motifs is 1. The molecule has 0 bridgehead atoms. The molecule has 1 unspecified atom stereocenters. The predicted octanol–water partition coefficient (Wildman–Crippen LogP) is 1.27. The fourth-order valence-electron chi connectivity index (χ4n) is 3.11. The van der Waals surface area contributed by atoms with Crippen molar-refractivity contribution in [2.24, 2.45) is 0 Å². The number of hydrogen-bond acceptors (Lipinski definition) is 10. The summed E-state index contributed by atoms with van der Waals surface area (Å²) in [4.78, 5) is 33.5. The van der Waals surface area contributed by atoms with Crippen LogP contribution in [0.1, 0.15) is 16.6 Å². The van der Waals surface area contributed by atoms with E-state index in [1.165, 1.54) is 24.5 Å². The minimum atomic E-state index is -4.23. The lowest BCUT2D eigenvalue weighted by Crippen LogP contribution is -2.45. The highest BCUT2D eigenvalue weighted by molar-refractivity contribution is 7.89. The van der Waals surface area contributed by atoms with Gasteiger partial charge in [-0.3, -0.25) is 15.0 Å². The summed E-state index contributed by atoms with van der Waals surface area (Å²) < 4.78 is 32.9. The second-order valence-corrected chi connectivity index (χ2v) is 9.24. The third-order valence-corrected chi connectivity index (χ3v) is 7.34. The molecule has 0 N–H and O–H groups in total. The molecule has 0 aliphatic carbocycles. The van der Waals surface area contributed by atoms with E-state index in [4.69, 9.17) is 9.57 Å². The van der Waals surface area contributed by atoms with Crippen LogP contribution < -0.4 is 4.74 Å². The minimum absolute atomic E-state index is 0.0860. The van der Waals surface area contributed by atoms with Gasteiger partial charge in [0.1, 0.15) is 0 Å². The third kappa shape index (κ3) is 4.83. The first-order valence-corrected chi connectivity index (χ1v) is 11.3. The fraction of sp³-hybridized carbons (Fsp3) is 0.294. The van der Waals surface area contributed by atoms with Gasteiger partial charge in [0.25, 0.3) is 28.3 Å². The molecule has 31 heavy (non-hydrogen) atoms. The van der Waals surface area contributed by atoms with Gasteiger partial charge in [0, 0.05) is 25.2 Å². The number of nitro groups is 1. The number of aromatic nitrogens is 1. The Morgan fingerprint density at radius 1 is 1.45 bits per heavy atom. The maximum Gasteiger partial charge on any atom is 0.281 e. The number of carbonyl (C=O) groups excluding carboxylic acids is 1. The highest BCUT2D eigenvalue weighted by atomic mass is 32.2. The standard InChI is InChI=1S/C17H19BN4O7S2/c1-3-8-29-22(31(26,27)13-6-4-12(5-7-13)21(24)25)15-10-20(18-11-23)9-14-16(15)30-17(19-14)28-2/h3-7,11,15,18H,1,8-10H2,2H3. The highest BCUT2D eigenvalue weighted by Crippen LogP contribution is 2.40. The number of ether oxygens (including phenoxy) is 1. The van der Waals surface area contributed by atoms with Gasteiger partial charge in [-0.05, 0) is 12.1 Å². The summed E-state index contributed by atoms with van der Waals surface area (Å²) in [5.74, 6) is 0. The third-order valence-electron chi connectivity index (χ3n) is 4.48. The van der Waals surface area contributed by atoms with E-state index in [1.54, 1.807) is 4.81 Å². The topological polar surface area (TPSA) is 132 Å². The van der Waals surface area contributed by atoms with Crippen molar-refractivity contribution >= 4 is 40.6 Å². The van der Waals surface area contributed by atoms with Crippen LogP contribution >= 0.6 is 11.3 Å². The van der Waals surface area contributed by atoms with E-state index in [2.05, 4.69) is 11.6 Å². The zero-order valence-corrected chi connectivity index (χ0v) is 18.2. The van der Waals surface area contributed by atoms with Crippen molar-refractivity contribution in [2.45, 2.75) is 17.5 Å². The molecular weight excluding hydrogens is 447 g/mol. The van der Waals surface area contributed by atoms with Crippen LogP contribution in [0.15, 0.2) is 41.8 Å². The zero-order chi connectivity index (χ0) is 22.6. The highest BCUT2D eigenvalue weighted by Gasteiger charge is 2.40. The van der Waals surface area contributed by atoms with Gasteiger partial charge < -0.3 is 14.3 Å². The van der Waals surface area contributed by atoms with Crippen molar-refractivity contribution in [3.63, 3.8) is 0 Å². The molecular formula is C17H19BN4O7S2. The molecule has 164 valence electrons. The number of non-ortho nitro benzene ring substituents is 1. The Labute approximate surface area is 183 Å². The van der Waals surface area contributed by atoms with Crippen LogP contribution in [0.3, 0.4) is 0 Å². The largest absolute Gasteiger partial charge is 0.473 e. The van der Waals surface area contributed by atoms with E-state index in [0.717, 1.165) is 34.9 Å². The van der Waals surface area contributed by atoms with E-state index in [-0.39, 0.29) is 31.1 Å². The van der Waals surface area contributed by atoms with Crippen LogP contribution in [0.2, 0.25) is 0 Å². The molecule has 0 amide bonds. The van der Waals surface area contributed by atoms with E-state index in [9.17, 15) is 23.3 Å². The number of nitrogens with zero attached hydrogens (tertiary/aromatic N) is 4. The molecule has 1 atom stereocenters. The molecule has 1 aromatic heterocycles. The summed E-state index contributed by atoms with van der Waals surface area (Å²) >= 11 is 1.19. The van der Waals surface area contributed by atoms with Crippen LogP contribution in [0, 0.1) is 10.1 Å². The Morgan fingerprint density at radius 2 is 2.16 bits per heavy atom. The average Bonchev–Trinajstić information content (AvgIpc) is 3.17. The van der Waals surface area contributed by atoms with Crippen molar-refractivity contribution < 1.29 is 27.7 Å². The lowest BCUT2D eigenvalue weighted by Gasteiger charge is -2.36. The van der Waals surface area contributed by atoms with Gasteiger partial charge in [0.05, 0.1) is 46.3 Å². The van der Waals surface area contributed by atoms with Crippen molar-refractivity contribution in [2.75, 3.05) is 20.3 Å². The summed E-state index contributed by atoms with van der Waals surface area (Å²) in [6, 6.07) is 3.71. The maximum absolute atomic E-state index is 13.4. The van der Waals surface area contributed by atoms with Gasteiger partial charge in [-0.15, -0.1) is 6.58 Å². The maximum atomic E-state index is 13.4. The number of benzene rings is 1. The normalized spacial score (nSPS) is 16.5. The van der Waals surface area contributed by atoms with Crippen LogP contribution in [-0.2, 0) is 26.2 Å². The molecule has 3 rings (SSSR count). The summed E-state index contributed by atoms with van der Waals surface area (Å²) in [5.41, 5.74) is 0.355. The molecule has 0 spiro atoms. The SMILES string of the molecule is C=CCON(C1CN(BC=O)Cc2nc(OC)sc21)S(=O)(=O)c1ccc([N+](=O)[O-])cc1. The van der Waals surface area contributed by atoms with Gasteiger partial charge in [-0.1, -0.05) is 21.9 Å². The molecule has 1 aromatic carbocycles. The lowest BCUT2D eigenvalue weighted by molar-refractivity contribution is -0.384. The van der Waals surface area contributed by atoms with E-state index >= 15 is 0 Å². The van der Waals surface area contributed by atoms with Crippen molar-refractivity contribution in [1.29, 1.82) is 0 Å². The van der Waals surface area contributed by atoms with Crippen molar-refractivity contribution in [3.05, 3.63) is 57.6 Å². The number of sulfonamides is 1. The first kappa shape index (κ1) is 23.0. The van der Waals surface area contributed by atoms with Gasteiger partial charge in [-0.25, -0.2) is 13.4 Å². The quantitative estimate of drug-likeness (QED) is 0.167. The Kier molecular flexibility index (Phi) is 7.17. The Bertz CT molecular complexity index is 1070. The van der Waals surface area contributed by atoms with Crippen LogP contribution in [0.4, 0.5) is 5.69 Å². The van der Waals surface area contributed by atoms with Crippen LogP contribution in [0.25, 0.3) is 0 Å². The summed E-state index contributed by atoms with van der Waals surface area (Å²) in [6.07, 6.45) is 2.13. The first-order valence-electron chi connectivity index (χ1n) is 9.04. The smallest absolute Gasteiger partial charge is 0.281 e. The number of nitro benzene ring substituents is 1. The molecule has 2 heterocycles. The van der Waals surface area contributed by atoms with Gasteiger partial charge >= 0.3 is 0 Å². The number of hydrogen-bond donors (Lipinski definition) is 0. The predicted molar refractivity (Wildman–Crippen MR) is 114 cm³/mol. The Morgan fingerprint density at radius 3 is 2.74 bits per heavy atom. The molecule has 0 saturated heterocycles. The van der Waals surface area contributed by atoms with Gasteiger partial charge in [0.15, 0.2) is 0 Å². The summed E-state index contributed by atoms with van der Waals surface area (Å²) in [7, 11) is -2.68. The molecule has 0 fully saturated rings. The second kappa shape index (κ2) is 9.66. The number of carbonyl (C=O) groups is 1. The summed E-state index contributed by atoms with van der Waals surface area (Å²) in [6.45, 7) is 4.01. The Hall–Kier alpha value is -2.65. The number of thiazole rings is 1. The molecule has 0 saturated carbocycles. The molecule has 2 aromatic rings. The van der Waals surface area contributed by atoms with Gasteiger partial charge in [-0.2, -0.15) is 0 Å². The Balaban J connectivity index is 2.06. The van der Waals surface area contributed by atoms with Crippen molar-refractivity contribution in [3.8, 4) is 5.19 Å². The van der Waals surface area contributed by atoms with Crippen LogP contribution in [-0.4, -0.2) is 61.5 Å². The molecule has 0 radical (unpaired) electrons. The summed E-state index contributed by atoms with van der Waals surface area (Å²) in [5, 5.41) is 11.3. The van der Waals surface area contributed by atoms with Crippen molar-refractivity contribution in [1.82, 2.24) is 14.3 Å². The number of rotatable bonds is 10. The minimum Gasteiger partial charge on any atom is -0.473 e. The average molecular weight is 466 g/mol. The monoisotopic (exact) mass is 466 g/mol. The van der Waals surface area contributed by atoms with E-state index < -0.39 is 21.0 Å².